The summed E-state index contributed by atoms with van der Waals surface area (Å²) in [4.78, 5) is 0. The van der Waals surface area contributed by atoms with Gasteiger partial charge in [0.15, 0.2) is 0 Å². The van der Waals surface area contributed by atoms with Gasteiger partial charge in [0, 0.05) is 12.6 Å². The number of hydrogen-bond acceptors (Lipinski definition) is 4. The predicted molar refractivity (Wildman–Crippen MR) is 87.1 cm³/mol. The Balaban J connectivity index is 2.78. The number of ether oxygens (including phenoxy) is 1. The van der Waals surface area contributed by atoms with Crippen molar-refractivity contribution in [1.29, 1.82) is 0 Å². The number of para-hydroxylation sites is 1. The Morgan fingerprint density at radius 3 is 2.62 bits per heavy atom. The van der Waals surface area contributed by atoms with E-state index in [0.717, 1.165) is 18.5 Å². The van der Waals surface area contributed by atoms with Gasteiger partial charge in [-0.1, -0.05) is 25.1 Å². The molecule has 0 spiro atoms. The molecule has 0 aliphatic heterocycles. The molecule has 0 bridgehead atoms. The Hall–Kier alpha value is -1.11. The number of sulfonamides is 1. The molecular weight excluding hydrogens is 288 g/mol. The molecular formula is C15H26N2O3S. The highest BCUT2D eigenvalue weighted by molar-refractivity contribution is 7.92. The molecule has 1 rings (SSSR count). The lowest BCUT2D eigenvalue weighted by molar-refractivity contribution is 0.163. The summed E-state index contributed by atoms with van der Waals surface area (Å²) in [5.41, 5.74) is 1.58. The van der Waals surface area contributed by atoms with Gasteiger partial charge in [0.25, 0.3) is 0 Å². The molecule has 1 unspecified atom stereocenters. The first-order valence-electron chi connectivity index (χ1n) is 7.40. The highest BCUT2D eigenvalue weighted by Crippen LogP contribution is 2.23. The van der Waals surface area contributed by atoms with Crippen molar-refractivity contribution in [3.63, 3.8) is 0 Å². The maximum Gasteiger partial charge on any atom is 0.235 e. The highest BCUT2D eigenvalue weighted by atomic mass is 32.2. The molecule has 0 saturated heterocycles. The van der Waals surface area contributed by atoms with E-state index in [9.17, 15) is 8.42 Å². The third kappa shape index (κ3) is 6.46. The largest absolute Gasteiger partial charge is 0.381 e. The SMILES string of the molecule is CCCNC(C)c1ccccc1NS(=O)(=O)CCOCC. The Morgan fingerprint density at radius 2 is 1.95 bits per heavy atom. The summed E-state index contributed by atoms with van der Waals surface area (Å²) in [5, 5.41) is 3.37. The van der Waals surface area contributed by atoms with Crippen molar-refractivity contribution in [3.8, 4) is 0 Å². The van der Waals surface area contributed by atoms with Gasteiger partial charge in [0.2, 0.25) is 10.0 Å². The van der Waals surface area contributed by atoms with Crippen molar-refractivity contribution >= 4 is 15.7 Å². The first-order chi connectivity index (χ1) is 10.00. The van der Waals surface area contributed by atoms with Gasteiger partial charge in [0.1, 0.15) is 0 Å². The van der Waals surface area contributed by atoms with Crippen molar-refractivity contribution in [2.24, 2.45) is 0 Å². The van der Waals surface area contributed by atoms with E-state index >= 15 is 0 Å². The minimum atomic E-state index is -3.39. The minimum Gasteiger partial charge on any atom is -0.381 e. The first kappa shape index (κ1) is 17.9. The van der Waals surface area contributed by atoms with E-state index in [1.807, 2.05) is 32.0 Å². The summed E-state index contributed by atoms with van der Waals surface area (Å²) >= 11 is 0. The standard InChI is InChI=1S/C15H26N2O3S/c1-4-10-16-13(3)14-8-6-7-9-15(14)17-21(18,19)12-11-20-5-2/h6-9,13,16-17H,4-5,10-12H2,1-3H3. The molecule has 0 saturated carbocycles. The Labute approximate surface area is 128 Å². The van der Waals surface area contributed by atoms with Crippen LogP contribution in [0.4, 0.5) is 5.69 Å². The second kappa shape index (κ2) is 9.02. The van der Waals surface area contributed by atoms with Crippen LogP contribution in [-0.4, -0.2) is 33.9 Å². The summed E-state index contributed by atoms with van der Waals surface area (Å²) in [7, 11) is -3.39. The van der Waals surface area contributed by atoms with Crippen LogP contribution in [0.15, 0.2) is 24.3 Å². The molecule has 0 fully saturated rings. The Morgan fingerprint density at radius 1 is 1.24 bits per heavy atom. The zero-order valence-electron chi connectivity index (χ0n) is 13.1. The summed E-state index contributed by atoms with van der Waals surface area (Å²) in [6.07, 6.45) is 1.03. The van der Waals surface area contributed by atoms with Crippen LogP contribution < -0.4 is 10.0 Å². The highest BCUT2D eigenvalue weighted by Gasteiger charge is 2.15. The van der Waals surface area contributed by atoms with Crippen LogP contribution in [-0.2, 0) is 14.8 Å². The van der Waals surface area contributed by atoms with E-state index in [0.29, 0.717) is 12.3 Å². The molecule has 0 heterocycles. The maximum absolute atomic E-state index is 12.1. The molecule has 5 nitrogen and oxygen atoms in total. The second-order valence-corrected chi connectivity index (χ2v) is 6.72. The van der Waals surface area contributed by atoms with Crippen LogP contribution >= 0.6 is 0 Å². The molecule has 1 aromatic carbocycles. The van der Waals surface area contributed by atoms with Crippen LogP contribution in [0.2, 0.25) is 0 Å². The molecule has 1 atom stereocenters. The fourth-order valence-electron chi connectivity index (χ4n) is 1.97. The molecule has 0 aliphatic rings. The fraction of sp³-hybridized carbons (Fsp3) is 0.600. The summed E-state index contributed by atoms with van der Waals surface area (Å²) in [6, 6.07) is 7.56. The summed E-state index contributed by atoms with van der Waals surface area (Å²) < 4.78 is 31.9. The topological polar surface area (TPSA) is 67.4 Å². The average Bonchev–Trinajstić information content (AvgIpc) is 2.45. The normalized spacial score (nSPS) is 13.1. The number of nitrogens with one attached hydrogen (secondary N) is 2. The van der Waals surface area contributed by atoms with Crippen LogP contribution in [0.25, 0.3) is 0 Å². The van der Waals surface area contributed by atoms with E-state index < -0.39 is 10.0 Å². The number of hydrogen-bond donors (Lipinski definition) is 2. The zero-order chi connectivity index (χ0) is 15.7. The van der Waals surface area contributed by atoms with Crippen molar-refractivity contribution in [1.82, 2.24) is 5.32 Å². The molecule has 0 aliphatic carbocycles. The van der Waals surface area contributed by atoms with E-state index in [1.54, 1.807) is 6.07 Å². The lowest BCUT2D eigenvalue weighted by Crippen LogP contribution is -2.24. The molecule has 0 amide bonds. The summed E-state index contributed by atoms with van der Waals surface area (Å²) in [5.74, 6) is -0.0358. The van der Waals surface area contributed by atoms with Gasteiger partial charge in [-0.15, -0.1) is 0 Å². The van der Waals surface area contributed by atoms with E-state index in [-0.39, 0.29) is 18.4 Å². The molecule has 2 N–H and O–H groups in total. The summed E-state index contributed by atoms with van der Waals surface area (Å²) in [6.45, 7) is 7.59. The minimum absolute atomic E-state index is 0.0358. The lowest BCUT2D eigenvalue weighted by atomic mass is 10.1. The average molecular weight is 314 g/mol. The van der Waals surface area contributed by atoms with Crippen molar-refractivity contribution < 1.29 is 13.2 Å². The quantitative estimate of drug-likeness (QED) is 0.651. The first-order valence-corrected chi connectivity index (χ1v) is 9.06. The monoisotopic (exact) mass is 314 g/mol. The van der Waals surface area contributed by atoms with E-state index in [2.05, 4.69) is 17.0 Å². The maximum atomic E-state index is 12.1. The predicted octanol–water partition coefficient (Wildman–Crippen LogP) is 2.53. The van der Waals surface area contributed by atoms with Crippen LogP contribution in [0.3, 0.4) is 0 Å². The number of benzene rings is 1. The van der Waals surface area contributed by atoms with Gasteiger partial charge in [-0.2, -0.15) is 0 Å². The lowest BCUT2D eigenvalue weighted by Gasteiger charge is -2.18. The Kier molecular flexibility index (Phi) is 7.71. The molecule has 0 aromatic heterocycles. The Bertz CT molecular complexity index is 517. The molecule has 0 radical (unpaired) electrons. The fourth-order valence-corrected chi connectivity index (χ4v) is 2.93. The molecule has 120 valence electrons. The van der Waals surface area contributed by atoms with Gasteiger partial charge in [-0.25, -0.2) is 8.42 Å². The van der Waals surface area contributed by atoms with E-state index in [4.69, 9.17) is 4.74 Å². The number of anilines is 1. The smallest absolute Gasteiger partial charge is 0.235 e. The molecule has 1 aromatic rings. The van der Waals surface area contributed by atoms with E-state index in [1.165, 1.54) is 0 Å². The van der Waals surface area contributed by atoms with Gasteiger partial charge < -0.3 is 10.1 Å². The zero-order valence-corrected chi connectivity index (χ0v) is 13.9. The number of rotatable bonds is 10. The third-order valence-corrected chi connectivity index (χ3v) is 4.33. The van der Waals surface area contributed by atoms with Crippen LogP contribution in [0.1, 0.15) is 38.8 Å². The van der Waals surface area contributed by atoms with Crippen molar-refractivity contribution in [2.75, 3.05) is 30.2 Å². The van der Waals surface area contributed by atoms with Crippen LogP contribution in [0.5, 0.6) is 0 Å². The van der Waals surface area contributed by atoms with Crippen molar-refractivity contribution in [2.45, 2.75) is 33.2 Å². The van der Waals surface area contributed by atoms with Crippen LogP contribution in [0, 0.1) is 0 Å². The van der Waals surface area contributed by atoms with Gasteiger partial charge >= 0.3 is 0 Å². The van der Waals surface area contributed by atoms with Gasteiger partial charge in [-0.3, -0.25) is 4.72 Å². The van der Waals surface area contributed by atoms with Gasteiger partial charge in [-0.05, 0) is 38.4 Å². The molecule has 21 heavy (non-hydrogen) atoms. The third-order valence-electron chi connectivity index (χ3n) is 3.09. The van der Waals surface area contributed by atoms with Gasteiger partial charge in [0.05, 0.1) is 18.0 Å². The van der Waals surface area contributed by atoms with Crippen molar-refractivity contribution in [3.05, 3.63) is 29.8 Å². The second-order valence-electron chi connectivity index (χ2n) is 4.88. The molecule has 6 heteroatoms.